The molecule has 0 saturated carbocycles. The molecule has 154 valence electrons. The summed E-state index contributed by atoms with van der Waals surface area (Å²) in [5.41, 5.74) is 2.38. The van der Waals surface area contributed by atoms with Gasteiger partial charge in [0.05, 0.1) is 31.9 Å². The van der Waals surface area contributed by atoms with Gasteiger partial charge in [-0.25, -0.2) is 9.78 Å². The van der Waals surface area contributed by atoms with E-state index in [0.717, 1.165) is 23.0 Å². The lowest BCUT2D eigenvalue weighted by atomic mass is 10.1. The predicted molar refractivity (Wildman–Crippen MR) is 116 cm³/mol. The van der Waals surface area contributed by atoms with Crippen molar-refractivity contribution in [3.05, 3.63) is 56.2 Å². The predicted octanol–water partition coefficient (Wildman–Crippen LogP) is 0.941. The Balaban J connectivity index is 1.67. The molecular weight excluding hydrogens is 386 g/mol. The van der Waals surface area contributed by atoms with E-state index in [9.17, 15) is 9.59 Å². The van der Waals surface area contributed by atoms with Crippen LogP contribution in [-0.4, -0.2) is 44.5 Å². The van der Waals surface area contributed by atoms with Crippen molar-refractivity contribution in [1.82, 2.24) is 19.1 Å². The van der Waals surface area contributed by atoms with E-state index in [-0.39, 0.29) is 5.56 Å². The first kappa shape index (κ1) is 20.0. The lowest BCUT2D eigenvalue weighted by Gasteiger charge is -2.23. The summed E-state index contributed by atoms with van der Waals surface area (Å²) in [4.78, 5) is 33.4. The second-order valence-corrected chi connectivity index (χ2v) is 8.93. The van der Waals surface area contributed by atoms with Gasteiger partial charge in [-0.1, -0.05) is 41.6 Å². The van der Waals surface area contributed by atoms with Gasteiger partial charge in [-0.05, 0) is 31.7 Å². The third-order valence-electron chi connectivity index (χ3n) is 5.64. The lowest BCUT2D eigenvalue weighted by molar-refractivity contribution is -0.902. The van der Waals surface area contributed by atoms with Gasteiger partial charge in [0.1, 0.15) is 0 Å². The highest BCUT2D eigenvalue weighted by Crippen LogP contribution is 2.22. The molecule has 4 rings (SSSR count). The molecule has 0 unspecified atom stereocenters. The molecule has 2 N–H and O–H groups in total. The number of fused-ring (bicyclic) bond motifs is 1. The van der Waals surface area contributed by atoms with Gasteiger partial charge >= 0.3 is 5.69 Å². The fourth-order valence-corrected chi connectivity index (χ4v) is 5.09. The van der Waals surface area contributed by atoms with Crippen molar-refractivity contribution >= 4 is 22.9 Å². The molecule has 0 amide bonds. The van der Waals surface area contributed by atoms with Crippen molar-refractivity contribution in [2.45, 2.75) is 37.9 Å². The van der Waals surface area contributed by atoms with Gasteiger partial charge in [0, 0.05) is 7.05 Å². The average Bonchev–Trinajstić information content (AvgIpc) is 3.06. The van der Waals surface area contributed by atoms with Crippen LogP contribution in [-0.2, 0) is 13.6 Å². The van der Waals surface area contributed by atoms with Crippen molar-refractivity contribution in [1.29, 1.82) is 0 Å². The first-order valence-electron chi connectivity index (χ1n) is 10.2. The molecule has 0 bridgehead atoms. The zero-order valence-electron chi connectivity index (χ0n) is 17.0. The number of nitrogens with zero attached hydrogens (tertiary/aromatic N) is 3. The van der Waals surface area contributed by atoms with E-state index in [1.807, 2.05) is 10.6 Å². The first-order valence-corrected chi connectivity index (χ1v) is 11.2. The fourth-order valence-electron chi connectivity index (χ4n) is 4.05. The molecule has 3 aromatic rings. The molecule has 1 aliphatic heterocycles. The van der Waals surface area contributed by atoms with Crippen LogP contribution < -0.4 is 16.1 Å². The fraction of sp³-hybridized carbons (Fsp3) is 0.476. The normalized spacial score (nSPS) is 15.2. The molecule has 8 heteroatoms. The summed E-state index contributed by atoms with van der Waals surface area (Å²) in [6.45, 7) is 6.19. The molecule has 0 atom stereocenters. The molecule has 1 aromatic carbocycles. The molecule has 1 aliphatic rings. The summed E-state index contributed by atoms with van der Waals surface area (Å²) in [5, 5.41) is 0.796. The SMILES string of the molecule is Cc1cccc(Cn2c(SCC[NH+]3CCCCC3)nc3c2c(=O)[nH]c(=O)n3C)c1. The number of H-pyrrole nitrogens is 1. The highest BCUT2D eigenvalue weighted by atomic mass is 32.2. The van der Waals surface area contributed by atoms with Gasteiger partial charge in [-0.15, -0.1) is 0 Å². The van der Waals surface area contributed by atoms with Crippen LogP contribution in [0.1, 0.15) is 30.4 Å². The average molecular weight is 415 g/mol. The van der Waals surface area contributed by atoms with Crippen LogP contribution in [0.3, 0.4) is 0 Å². The van der Waals surface area contributed by atoms with E-state index in [0.29, 0.717) is 17.7 Å². The second-order valence-electron chi connectivity index (χ2n) is 7.87. The standard InChI is InChI=1S/C21H27N5O2S/c1-15-7-6-8-16(13-15)14-26-17-18(24(2)20(28)23-19(17)27)22-21(26)29-12-11-25-9-4-3-5-10-25/h6-8,13H,3-5,9-12,14H2,1-2H3,(H,23,27,28)/p+1. The minimum atomic E-state index is -0.433. The maximum Gasteiger partial charge on any atom is 0.329 e. The second kappa shape index (κ2) is 8.59. The van der Waals surface area contributed by atoms with Gasteiger partial charge in [0.15, 0.2) is 16.3 Å². The third-order valence-corrected chi connectivity index (χ3v) is 6.62. The lowest BCUT2D eigenvalue weighted by Crippen LogP contribution is -3.13. The number of hydrogen-bond donors (Lipinski definition) is 2. The number of benzene rings is 1. The molecule has 1 fully saturated rings. The molecule has 1 saturated heterocycles. The highest BCUT2D eigenvalue weighted by Gasteiger charge is 2.19. The summed E-state index contributed by atoms with van der Waals surface area (Å²) in [6.07, 6.45) is 3.96. The summed E-state index contributed by atoms with van der Waals surface area (Å²) >= 11 is 1.68. The van der Waals surface area contributed by atoms with E-state index in [1.54, 1.807) is 23.7 Å². The monoisotopic (exact) mass is 414 g/mol. The molecule has 29 heavy (non-hydrogen) atoms. The number of imidazole rings is 1. The number of nitrogens with one attached hydrogen (secondary N) is 2. The summed E-state index contributed by atoms with van der Waals surface area (Å²) in [7, 11) is 1.65. The van der Waals surface area contributed by atoms with Gasteiger partial charge in [0.25, 0.3) is 5.56 Å². The molecule has 0 aliphatic carbocycles. The molecule has 3 heterocycles. The molecular formula is C21H28N5O2S+. The first-order chi connectivity index (χ1) is 14.0. The highest BCUT2D eigenvalue weighted by molar-refractivity contribution is 7.99. The Morgan fingerprint density at radius 2 is 2.00 bits per heavy atom. The van der Waals surface area contributed by atoms with Crippen molar-refractivity contribution in [3.63, 3.8) is 0 Å². The van der Waals surface area contributed by atoms with Gasteiger partial charge < -0.3 is 9.47 Å². The smallest absolute Gasteiger partial charge is 0.329 e. The number of likely N-dealkylation sites (tertiary alicyclic amines) is 1. The molecule has 7 nitrogen and oxygen atoms in total. The third kappa shape index (κ3) is 4.33. The number of hydrogen-bond acceptors (Lipinski definition) is 4. The van der Waals surface area contributed by atoms with E-state index < -0.39 is 5.69 Å². The van der Waals surface area contributed by atoms with Crippen LogP contribution >= 0.6 is 11.8 Å². The Hall–Kier alpha value is -2.32. The molecule has 2 aromatic heterocycles. The summed E-state index contributed by atoms with van der Waals surface area (Å²) in [6, 6.07) is 8.26. The number of aromatic nitrogens is 4. The number of thioether (sulfide) groups is 1. The quantitative estimate of drug-likeness (QED) is 0.589. The van der Waals surface area contributed by atoms with Gasteiger partial charge in [0.2, 0.25) is 0 Å². The van der Waals surface area contributed by atoms with Crippen molar-refractivity contribution in [2.75, 3.05) is 25.4 Å². The van der Waals surface area contributed by atoms with Crippen LogP contribution in [0.2, 0.25) is 0 Å². The van der Waals surface area contributed by atoms with E-state index >= 15 is 0 Å². The van der Waals surface area contributed by atoms with E-state index in [2.05, 4.69) is 30.1 Å². The number of rotatable bonds is 6. The zero-order chi connectivity index (χ0) is 20.4. The molecule has 0 radical (unpaired) electrons. The van der Waals surface area contributed by atoms with E-state index in [4.69, 9.17) is 4.98 Å². The van der Waals surface area contributed by atoms with Crippen molar-refractivity contribution in [2.24, 2.45) is 7.05 Å². The maximum absolute atomic E-state index is 12.6. The van der Waals surface area contributed by atoms with Crippen LogP contribution in [0.4, 0.5) is 0 Å². The minimum Gasteiger partial charge on any atom is -0.334 e. The Kier molecular flexibility index (Phi) is 5.91. The van der Waals surface area contributed by atoms with Gasteiger partial charge in [-0.3, -0.25) is 14.3 Å². The Bertz CT molecular complexity index is 1120. The maximum atomic E-state index is 12.6. The zero-order valence-corrected chi connectivity index (χ0v) is 17.8. The Morgan fingerprint density at radius 1 is 1.21 bits per heavy atom. The van der Waals surface area contributed by atoms with Crippen molar-refractivity contribution < 1.29 is 4.90 Å². The number of piperidine rings is 1. The van der Waals surface area contributed by atoms with Crippen LogP contribution in [0, 0.1) is 6.92 Å². The Labute approximate surface area is 173 Å². The number of aromatic amines is 1. The number of aryl methyl sites for hydroxylation is 2. The minimum absolute atomic E-state index is 0.378. The number of quaternary nitrogens is 1. The van der Waals surface area contributed by atoms with Gasteiger partial charge in [-0.2, -0.15) is 0 Å². The van der Waals surface area contributed by atoms with Crippen LogP contribution in [0.25, 0.3) is 11.2 Å². The van der Waals surface area contributed by atoms with Crippen LogP contribution in [0.5, 0.6) is 0 Å². The Morgan fingerprint density at radius 3 is 2.76 bits per heavy atom. The topological polar surface area (TPSA) is 77.1 Å². The molecule has 0 spiro atoms. The van der Waals surface area contributed by atoms with E-state index in [1.165, 1.54) is 42.5 Å². The summed E-state index contributed by atoms with van der Waals surface area (Å²) < 4.78 is 3.38. The summed E-state index contributed by atoms with van der Waals surface area (Å²) in [5.74, 6) is 0.943. The van der Waals surface area contributed by atoms with Crippen molar-refractivity contribution in [3.8, 4) is 0 Å². The van der Waals surface area contributed by atoms with Crippen LogP contribution in [0.15, 0.2) is 39.0 Å². The largest absolute Gasteiger partial charge is 0.334 e.